The summed E-state index contributed by atoms with van der Waals surface area (Å²) in [5.41, 5.74) is -7.50. The maximum Gasteiger partial charge on any atom is 0.437 e. The number of alkyl halides is 7. The lowest BCUT2D eigenvalue weighted by Gasteiger charge is -2.31. The van der Waals surface area contributed by atoms with Crippen LogP contribution in [0.5, 0.6) is 0 Å². The van der Waals surface area contributed by atoms with Crippen LogP contribution in [-0.4, -0.2) is 17.3 Å². The van der Waals surface area contributed by atoms with Gasteiger partial charge in [-0.25, -0.2) is 9.37 Å². The number of hydrogen-bond donors (Lipinski definition) is 0. The van der Waals surface area contributed by atoms with Crippen LogP contribution in [0.2, 0.25) is 5.02 Å². The van der Waals surface area contributed by atoms with Crippen molar-refractivity contribution in [2.75, 3.05) is 0 Å². The van der Waals surface area contributed by atoms with Crippen LogP contribution in [0.3, 0.4) is 0 Å². The first kappa shape index (κ1) is 21.0. The first-order valence-electron chi connectivity index (χ1n) is 7.00. The van der Waals surface area contributed by atoms with Crippen molar-refractivity contribution in [3.05, 3.63) is 62.3 Å². The van der Waals surface area contributed by atoms with E-state index in [0.717, 1.165) is 0 Å². The minimum absolute atomic E-state index is 0.0253. The third kappa shape index (κ3) is 3.83. The van der Waals surface area contributed by atoms with Gasteiger partial charge >= 0.3 is 18.0 Å². The Hall–Kier alpha value is -1.35. The molecule has 10 heteroatoms. The number of benzene rings is 1. The summed E-state index contributed by atoms with van der Waals surface area (Å²) in [4.78, 5) is 3.23. The zero-order valence-corrected chi connectivity index (χ0v) is 15.3. The van der Waals surface area contributed by atoms with Gasteiger partial charge in [0.2, 0.25) is 0 Å². The van der Waals surface area contributed by atoms with Crippen molar-refractivity contribution in [3.63, 3.8) is 0 Å². The molecule has 0 saturated heterocycles. The summed E-state index contributed by atoms with van der Waals surface area (Å²) in [5, 5.41) is 0.241. The molecular weight excluding hydrogens is 455 g/mol. The summed E-state index contributed by atoms with van der Waals surface area (Å²) in [7, 11) is 0. The standard InChI is InChI=1S/C16H10BrClF7N/c1-8-5-12(17)26-13(14(19,15(20,21)22)16(23,24)25)11(8)7-9-3-2-4-10(18)6-9/h2-6H,7H2,1H3. The second kappa shape index (κ2) is 6.99. The van der Waals surface area contributed by atoms with Crippen molar-refractivity contribution in [2.45, 2.75) is 31.4 Å². The van der Waals surface area contributed by atoms with Crippen LogP contribution >= 0.6 is 27.5 Å². The summed E-state index contributed by atoms with van der Waals surface area (Å²) < 4.78 is 93.2. The monoisotopic (exact) mass is 463 g/mol. The molecule has 0 N–H and O–H groups in total. The van der Waals surface area contributed by atoms with E-state index in [2.05, 4.69) is 20.9 Å². The molecule has 0 spiro atoms. The number of aryl methyl sites for hydroxylation is 1. The number of halogens is 9. The fourth-order valence-electron chi connectivity index (χ4n) is 2.45. The van der Waals surface area contributed by atoms with Crippen LogP contribution in [0.25, 0.3) is 0 Å². The molecule has 0 radical (unpaired) electrons. The van der Waals surface area contributed by atoms with E-state index in [1.807, 2.05) is 0 Å². The molecule has 0 aliphatic heterocycles. The van der Waals surface area contributed by atoms with Gasteiger partial charge in [-0.15, -0.1) is 0 Å². The minimum atomic E-state index is -6.24. The van der Waals surface area contributed by atoms with Gasteiger partial charge in [0.25, 0.3) is 0 Å². The number of rotatable bonds is 3. The van der Waals surface area contributed by atoms with Gasteiger partial charge in [0.05, 0.1) is 0 Å². The second-order valence-electron chi connectivity index (χ2n) is 5.55. The maximum absolute atomic E-state index is 14.6. The van der Waals surface area contributed by atoms with Crippen molar-refractivity contribution in [1.82, 2.24) is 4.98 Å². The molecule has 2 aromatic rings. The Balaban J connectivity index is 2.75. The Labute approximate surface area is 157 Å². The Kier molecular flexibility index (Phi) is 5.64. The van der Waals surface area contributed by atoms with E-state index in [4.69, 9.17) is 11.6 Å². The lowest BCUT2D eigenvalue weighted by molar-refractivity contribution is -0.350. The topological polar surface area (TPSA) is 12.9 Å². The highest BCUT2D eigenvalue weighted by molar-refractivity contribution is 9.10. The highest BCUT2D eigenvalue weighted by Gasteiger charge is 2.75. The van der Waals surface area contributed by atoms with E-state index < -0.39 is 35.7 Å². The highest BCUT2D eigenvalue weighted by atomic mass is 79.9. The largest absolute Gasteiger partial charge is 0.437 e. The predicted molar refractivity (Wildman–Crippen MR) is 85.8 cm³/mol. The average Bonchev–Trinajstić information content (AvgIpc) is 2.46. The molecule has 1 aromatic carbocycles. The number of pyridine rings is 1. The molecule has 0 atom stereocenters. The van der Waals surface area contributed by atoms with Gasteiger partial charge in [0.1, 0.15) is 10.3 Å². The molecule has 2 rings (SSSR count). The zero-order chi connectivity index (χ0) is 19.9. The van der Waals surface area contributed by atoms with E-state index >= 15 is 0 Å². The molecule has 0 fully saturated rings. The number of hydrogen-bond acceptors (Lipinski definition) is 1. The van der Waals surface area contributed by atoms with E-state index in [1.165, 1.54) is 37.3 Å². The minimum Gasteiger partial charge on any atom is -0.241 e. The first-order valence-corrected chi connectivity index (χ1v) is 8.17. The molecule has 1 heterocycles. The molecule has 0 aliphatic rings. The average molecular weight is 465 g/mol. The van der Waals surface area contributed by atoms with Gasteiger partial charge in [0.15, 0.2) is 0 Å². The van der Waals surface area contributed by atoms with Crippen LogP contribution in [0, 0.1) is 6.92 Å². The summed E-state index contributed by atoms with van der Waals surface area (Å²) in [6, 6.07) is 7.02. The molecule has 1 aromatic heterocycles. The Morgan fingerprint density at radius 1 is 1.00 bits per heavy atom. The molecule has 0 unspecified atom stereocenters. The lowest BCUT2D eigenvalue weighted by atomic mass is 9.89. The maximum atomic E-state index is 14.6. The lowest BCUT2D eigenvalue weighted by Crippen LogP contribution is -2.51. The van der Waals surface area contributed by atoms with Crippen molar-refractivity contribution in [3.8, 4) is 0 Å². The summed E-state index contributed by atoms with van der Waals surface area (Å²) in [6.45, 7) is 1.28. The van der Waals surface area contributed by atoms with Crippen LogP contribution in [0.4, 0.5) is 30.7 Å². The van der Waals surface area contributed by atoms with Gasteiger partial charge in [-0.1, -0.05) is 23.7 Å². The second-order valence-corrected chi connectivity index (χ2v) is 6.80. The molecule has 142 valence electrons. The van der Waals surface area contributed by atoms with E-state index in [0.29, 0.717) is 5.56 Å². The molecule has 0 saturated carbocycles. The molecule has 0 amide bonds. The third-order valence-corrected chi connectivity index (χ3v) is 4.33. The number of nitrogens with zero attached hydrogens (tertiary/aromatic N) is 1. The first-order chi connectivity index (χ1) is 11.8. The van der Waals surface area contributed by atoms with Gasteiger partial charge in [-0.2, -0.15) is 26.3 Å². The van der Waals surface area contributed by atoms with E-state index in [9.17, 15) is 30.7 Å². The Bertz CT molecular complexity index is 803. The van der Waals surface area contributed by atoms with Gasteiger partial charge in [0, 0.05) is 5.02 Å². The smallest absolute Gasteiger partial charge is 0.241 e. The van der Waals surface area contributed by atoms with Crippen molar-refractivity contribution < 1.29 is 30.7 Å². The highest BCUT2D eigenvalue weighted by Crippen LogP contribution is 2.54. The van der Waals surface area contributed by atoms with E-state index in [-0.39, 0.29) is 15.2 Å². The molecule has 1 nitrogen and oxygen atoms in total. The molecular formula is C16H10BrClF7N. The Morgan fingerprint density at radius 2 is 1.58 bits per heavy atom. The Morgan fingerprint density at radius 3 is 2.08 bits per heavy atom. The van der Waals surface area contributed by atoms with Gasteiger partial charge in [-0.3, -0.25) is 0 Å². The van der Waals surface area contributed by atoms with Crippen LogP contribution in [-0.2, 0) is 12.1 Å². The fraction of sp³-hybridized carbons (Fsp3) is 0.312. The van der Waals surface area contributed by atoms with Crippen LogP contribution in [0.1, 0.15) is 22.4 Å². The summed E-state index contributed by atoms with van der Waals surface area (Å²) in [5.74, 6) is 0. The normalized spacial score (nSPS) is 13.2. The van der Waals surface area contributed by atoms with E-state index in [1.54, 1.807) is 0 Å². The van der Waals surface area contributed by atoms with Gasteiger partial charge < -0.3 is 0 Å². The zero-order valence-electron chi connectivity index (χ0n) is 12.9. The van der Waals surface area contributed by atoms with Gasteiger partial charge in [-0.05, 0) is 64.2 Å². The summed E-state index contributed by atoms with van der Waals surface area (Å²) >= 11 is 8.53. The summed E-state index contributed by atoms with van der Waals surface area (Å²) in [6.07, 6.45) is -12.9. The van der Waals surface area contributed by atoms with Crippen molar-refractivity contribution >= 4 is 27.5 Å². The van der Waals surface area contributed by atoms with Crippen LogP contribution < -0.4 is 0 Å². The molecule has 26 heavy (non-hydrogen) atoms. The van der Waals surface area contributed by atoms with Crippen LogP contribution in [0.15, 0.2) is 34.9 Å². The molecule has 0 aliphatic carbocycles. The van der Waals surface area contributed by atoms with Crippen molar-refractivity contribution in [2.24, 2.45) is 0 Å². The third-order valence-electron chi connectivity index (χ3n) is 3.69. The number of aromatic nitrogens is 1. The fourth-order valence-corrected chi connectivity index (χ4v) is 3.18. The van der Waals surface area contributed by atoms with Crippen molar-refractivity contribution in [1.29, 1.82) is 0 Å². The quantitative estimate of drug-likeness (QED) is 0.364. The molecule has 0 bridgehead atoms. The SMILES string of the molecule is Cc1cc(Br)nc(C(F)(C(F)(F)F)C(F)(F)F)c1Cc1cccc(Cl)c1. The predicted octanol–water partition coefficient (Wildman–Crippen LogP) is 6.69.